The number of amides is 1. The monoisotopic (exact) mass is 240 g/mol. The highest BCUT2D eigenvalue weighted by molar-refractivity contribution is 7.98. The van der Waals surface area contributed by atoms with Crippen molar-refractivity contribution >= 4 is 17.7 Å². The zero-order valence-electron chi connectivity index (χ0n) is 9.36. The summed E-state index contributed by atoms with van der Waals surface area (Å²) < 4.78 is 5.44. The van der Waals surface area contributed by atoms with Crippen LogP contribution in [-0.4, -0.2) is 43.2 Å². The first-order chi connectivity index (χ1) is 7.81. The molecule has 5 heteroatoms. The summed E-state index contributed by atoms with van der Waals surface area (Å²) in [6.45, 7) is 3.41. The number of nitrogens with zero attached hydrogens (tertiary/aromatic N) is 1. The minimum atomic E-state index is 0.00370. The third kappa shape index (κ3) is 2.59. The summed E-state index contributed by atoms with van der Waals surface area (Å²) in [5.74, 6) is 0.454. The fraction of sp³-hybridized carbons (Fsp3) is 0.545. The van der Waals surface area contributed by atoms with Crippen LogP contribution in [0.5, 0.6) is 0 Å². The summed E-state index contributed by atoms with van der Waals surface area (Å²) in [6.07, 6.45) is 2.94. The van der Waals surface area contributed by atoms with Crippen LogP contribution < -0.4 is 5.32 Å². The molecule has 0 aliphatic carbocycles. The molecule has 16 heavy (non-hydrogen) atoms. The highest BCUT2D eigenvalue weighted by Gasteiger charge is 2.19. The van der Waals surface area contributed by atoms with Crippen LogP contribution >= 0.6 is 11.8 Å². The van der Waals surface area contributed by atoms with Crippen LogP contribution in [0.4, 0.5) is 0 Å². The predicted molar refractivity (Wildman–Crippen MR) is 63.9 cm³/mol. The summed E-state index contributed by atoms with van der Waals surface area (Å²) >= 11 is 1.51. The lowest BCUT2D eigenvalue weighted by molar-refractivity contribution is 0.0729. The second kappa shape index (κ2) is 5.41. The van der Waals surface area contributed by atoms with Crippen molar-refractivity contribution in [1.29, 1.82) is 0 Å². The van der Waals surface area contributed by atoms with Crippen LogP contribution in [0.2, 0.25) is 0 Å². The van der Waals surface area contributed by atoms with Gasteiger partial charge in [-0.25, -0.2) is 0 Å². The molecule has 4 nitrogen and oxygen atoms in total. The second-order valence-corrected chi connectivity index (χ2v) is 4.53. The van der Waals surface area contributed by atoms with E-state index < -0.39 is 0 Å². The Bertz CT molecular complexity index is 357. The average molecular weight is 240 g/mol. The quantitative estimate of drug-likeness (QED) is 0.794. The third-order valence-corrected chi connectivity index (χ3v) is 3.24. The van der Waals surface area contributed by atoms with E-state index in [2.05, 4.69) is 5.32 Å². The topological polar surface area (TPSA) is 45.5 Å². The van der Waals surface area contributed by atoms with Crippen LogP contribution in [0.15, 0.2) is 21.6 Å². The van der Waals surface area contributed by atoms with Gasteiger partial charge < -0.3 is 14.6 Å². The van der Waals surface area contributed by atoms with E-state index in [1.165, 1.54) is 11.8 Å². The molecule has 0 bridgehead atoms. The van der Waals surface area contributed by atoms with E-state index in [1.54, 1.807) is 6.07 Å². The maximum atomic E-state index is 12.1. The minimum absolute atomic E-state index is 0.00370. The molecule has 0 spiro atoms. The lowest BCUT2D eigenvalue weighted by Gasteiger charge is -2.18. The number of thioether (sulfide) groups is 1. The van der Waals surface area contributed by atoms with E-state index in [9.17, 15) is 4.79 Å². The lowest BCUT2D eigenvalue weighted by atomic mass is 10.3. The molecule has 1 saturated heterocycles. The van der Waals surface area contributed by atoms with Crippen LogP contribution in [0.3, 0.4) is 0 Å². The van der Waals surface area contributed by atoms with Gasteiger partial charge in [-0.15, -0.1) is 0 Å². The minimum Gasteiger partial charge on any atom is -0.445 e. The maximum absolute atomic E-state index is 12.1. The molecule has 1 aromatic rings. The Morgan fingerprint density at radius 3 is 3.06 bits per heavy atom. The smallest absolute Gasteiger partial charge is 0.289 e. The van der Waals surface area contributed by atoms with E-state index in [1.807, 2.05) is 17.2 Å². The Morgan fingerprint density at radius 1 is 1.44 bits per heavy atom. The molecule has 1 aliphatic rings. The van der Waals surface area contributed by atoms with Crippen molar-refractivity contribution in [1.82, 2.24) is 10.2 Å². The number of rotatable bonds is 2. The first-order valence-corrected chi connectivity index (χ1v) is 6.67. The standard InChI is InChI=1S/C11H16N2O2S/c1-16-10-4-3-9(15-10)11(14)13-7-2-5-12-6-8-13/h3-4,12H,2,5-8H2,1H3. The largest absolute Gasteiger partial charge is 0.445 e. The Hall–Kier alpha value is -0.940. The molecule has 88 valence electrons. The normalized spacial score (nSPS) is 17.2. The summed E-state index contributed by atoms with van der Waals surface area (Å²) in [4.78, 5) is 13.9. The summed E-state index contributed by atoms with van der Waals surface area (Å²) in [5, 5.41) is 4.06. The Labute approximate surface area is 99.4 Å². The summed E-state index contributed by atoms with van der Waals surface area (Å²) in [7, 11) is 0. The molecule has 2 heterocycles. The number of nitrogens with one attached hydrogen (secondary N) is 1. The van der Waals surface area contributed by atoms with Crippen molar-refractivity contribution < 1.29 is 9.21 Å². The number of hydrogen-bond acceptors (Lipinski definition) is 4. The average Bonchev–Trinajstić information content (AvgIpc) is 2.62. The molecular weight excluding hydrogens is 224 g/mol. The van der Waals surface area contributed by atoms with Gasteiger partial charge in [0.2, 0.25) is 0 Å². The third-order valence-electron chi connectivity index (χ3n) is 2.62. The van der Waals surface area contributed by atoms with Gasteiger partial charge in [0, 0.05) is 19.6 Å². The van der Waals surface area contributed by atoms with Crippen molar-refractivity contribution in [2.24, 2.45) is 0 Å². The van der Waals surface area contributed by atoms with Crippen LogP contribution in [0, 0.1) is 0 Å². The van der Waals surface area contributed by atoms with Gasteiger partial charge in [-0.05, 0) is 31.4 Å². The molecule has 0 unspecified atom stereocenters. The molecule has 1 aliphatic heterocycles. The number of furan rings is 1. The van der Waals surface area contributed by atoms with Gasteiger partial charge in [0.05, 0.1) is 0 Å². The van der Waals surface area contributed by atoms with Crippen LogP contribution in [0.1, 0.15) is 17.0 Å². The molecular formula is C11H16N2O2S. The molecule has 1 aromatic heterocycles. The Balaban J connectivity index is 2.05. The van der Waals surface area contributed by atoms with E-state index >= 15 is 0 Å². The zero-order chi connectivity index (χ0) is 11.4. The molecule has 1 amide bonds. The van der Waals surface area contributed by atoms with Crippen molar-refractivity contribution in [2.45, 2.75) is 11.5 Å². The van der Waals surface area contributed by atoms with Gasteiger partial charge >= 0.3 is 0 Å². The molecule has 0 radical (unpaired) electrons. The highest BCUT2D eigenvalue weighted by Crippen LogP contribution is 2.19. The van der Waals surface area contributed by atoms with Crippen molar-refractivity contribution in [2.75, 3.05) is 32.4 Å². The molecule has 2 rings (SSSR count). The first kappa shape index (κ1) is 11.5. The van der Waals surface area contributed by atoms with Gasteiger partial charge in [0.15, 0.2) is 10.9 Å². The SMILES string of the molecule is CSc1ccc(C(=O)N2CCCNCC2)o1. The van der Waals surface area contributed by atoms with Crippen LogP contribution in [0.25, 0.3) is 0 Å². The lowest BCUT2D eigenvalue weighted by Crippen LogP contribution is -2.33. The Morgan fingerprint density at radius 2 is 2.31 bits per heavy atom. The fourth-order valence-corrected chi connectivity index (χ4v) is 2.13. The van der Waals surface area contributed by atoms with Gasteiger partial charge in [-0.3, -0.25) is 4.79 Å². The zero-order valence-corrected chi connectivity index (χ0v) is 10.2. The maximum Gasteiger partial charge on any atom is 0.289 e. The first-order valence-electron chi connectivity index (χ1n) is 5.45. The van der Waals surface area contributed by atoms with Gasteiger partial charge in [-0.2, -0.15) is 0 Å². The predicted octanol–water partition coefficient (Wildman–Crippen LogP) is 1.44. The van der Waals surface area contributed by atoms with Gasteiger partial charge in [0.25, 0.3) is 5.91 Å². The van der Waals surface area contributed by atoms with Crippen molar-refractivity contribution in [3.8, 4) is 0 Å². The number of hydrogen-bond donors (Lipinski definition) is 1. The van der Waals surface area contributed by atoms with Gasteiger partial charge in [0.1, 0.15) is 0 Å². The van der Waals surface area contributed by atoms with E-state index in [0.717, 1.165) is 37.7 Å². The summed E-state index contributed by atoms with van der Waals surface area (Å²) in [6, 6.07) is 3.60. The molecule has 0 aromatic carbocycles. The van der Waals surface area contributed by atoms with Crippen molar-refractivity contribution in [3.63, 3.8) is 0 Å². The molecule has 0 saturated carbocycles. The van der Waals surface area contributed by atoms with Crippen molar-refractivity contribution in [3.05, 3.63) is 17.9 Å². The number of carbonyl (C=O) groups excluding carboxylic acids is 1. The summed E-state index contributed by atoms with van der Waals surface area (Å²) in [5.41, 5.74) is 0. The van der Waals surface area contributed by atoms with E-state index in [4.69, 9.17) is 4.42 Å². The second-order valence-electron chi connectivity index (χ2n) is 3.72. The number of carbonyl (C=O) groups is 1. The van der Waals surface area contributed by atoms with E-state index in [0.29, 0.717) is 5.76 Å². The molecule has 0 atom stereocenters. The van der Waals surface area contributed by atoms with Gasteiger partial charge in [-0.1, -0.05) is 11.8 Å². The molecule has 1 fully saturated rings. The molecule has 1 N–H and O–H groups in total. The van der Waals surface area contributed by atoms with Crippen LogP contribution in [-0.2, 0) is 0 Å². The highest BCUT2D eigenvalue weighted by atomic mass is 32.2. The Kier molecular flexibility index (Phi) is 3.90. The van der Waals surface area contributed by atoms with E-state index in [-0.39, 0.29) is 5.91 Å². The fourth-order valence-electron chi connectivity index (χ4n) is 1.75.